The van der Waals surface area contributed by atoms with E-state index in [1.54, 1.807) is 0 Å². The van der Waals surface area contributed by atoms with Gasteiger partial charge in [0, 0.05) is 0 Å². The normalized spacial score (nSPS) is 20.1. The smallest absolute Gasteiger partial charge is 0.343 e. The Balaban J connectivity index is 0.000000810. The van der Waals surface area contributed by atoms with E-state index in [-0.39, 0.29) is 51.4 Å². The predicted octanol–water partition coefficient (Wildman–Crippen LogP) is 0.185. The van der Waals surface area contributed by atoms with Crippen molar-refractivity contribution in [3.63, 3.8) is 0 Å². The van der Waals surface area contributed by atoms with Gasteiger partial charge in [-0.1, -0.05) is 38.5 Å². The van der Waals surface area contributed by atoms with Crippen molar-refractivity contribution in [2.75, 3.05) is 0 Å². The maximum Gasteiger partial charge on any atom is 1.00 e. The van der Waals surface area contributed by atoms with Gasteiger partial charge in [0.25, 0.3) is 0 Å². The standard InChI is InChI=1S/C9H17.K/c1-2-6-9-7-4-3-5-8-9;/h9H,1-8H2;/q-1;+1. The molecule has 0 spiro atoms. The summed E-state index contributed by atoms with van der Waals surface area (Å²) in [4.78, 5) is 0. The van der Waals surface area contributed by atoms with E-state index >= 15 is 0 Å². The maximum absolute atomic E-state index is 3.88. The van der Waals surface area contributed by atoms with Crippen molar-refractivity contribution in [2.45, 2.75) is 44.9 Å². The summed E-state index contributed by atoms with van der Waals surface area (Å²) in [5.74, 6) is 1.04. The second kappa shape index (κ2) is 7.29. The van der Waals surface area contributed by atoms with E-state index in [9.17, 15) is 0 Å². The van der Waals surface area contributed by atoms with Crippen LogP contribution in [0.5, 0.6) is 0 Å². The molecule has 0 aromatic rings. The zero-order chi connectivity index (χ0) is 6.53. The zero-order valence-electron chi connectivity index (χ0n) is 7.23. The summed E-state index contributed by atoms with van der Waals surface area (Å²) in [6.07, 6.45) is 9.92. The fourth-order valence-corrected chi connectivity index (χ4v) is 1.76. The van der Waals surface area contributed by atoms with E-state index in [1.807, 2.05) is 0 Å². The van der Waals surface area contributed by atoms with Gasteiger partial charge in [0.1, 0.15) is 0 Å². The van der Waals surface area contributed by atoms with Crippen molar-refractivity contribution in [3.05, 3.63) is 6.92 Å². The summed E-state index contributed by atoms with van der Waals surface area (Å²) >= 11 is 0. The first kappa shape index (κ1) is 11.6. The van der Waals surface area contributed by atoms with Gasteiger partial charge in [0.05, 0.1) is 0 Å². The zero-order valence-corrected chi connectivity index (χ0v) is 10.4. The van der Waals surface area contributed by atoms with E-state index in [1.165, 1.54) is 38.5 Å². The van der Waals surface area contributed by atoms with Crippen molar-refractivity contribution >= 4 is 0 Å². The van der Waals surface area contributed by atoms with Crippen LogP contribution >= 0.6 is 0 Å². The molecule has 54 valence electrons. The minimum Gasteiger partial charge on any atom is -0.343 e. The molecule has 0 unspecified atom stereocenters. The first-order valence-corrected chi connectivity index (χ1v) is 4.22. The van der Waals surface area contributed by atoms with Crippen molar-refractivity contribution in [2.24, 2.45) is 5.92 Å². The summed E-state index contributed by atoms with van der Waals surface area (Å²) in [5, 5.41) is 0. The monoisotopic (exact) mass is 164 g/mol. The second-order valence-electron chi connectivity index (χ2n) is 3.15. The first-order chi connectivity index (χ1) is 4.43. The topological polar surface area (TPSA) is 0 Å². The average molecular weight is 164 g/mol. The van der Waals surface area contributed by atoms with Crippen LogP contribution in [0.1, 0.15) is 44.9 Å². The van der Waals surface area contributed by atoms with Crippen molar-refractivity contribution in [1.82, 2.24) is 0 Å². The molecule has 0 aliphatic heterocycles. The number of rotatable bonds is 2. The quantitative estimate of drug-likeness (QED) is 0.404. The van der Waals surface area contributed by atoms with Gasteiger partial charge < -0.3 is 6.92 Å². The van der Waals surface area contributed by atoms with Crippen LogP contribution in [0.3, 0.4) is 0 Å². The molecule has 1 aliphatic carbocycles. The van der Waals surface area contributed by atoms with Crippen LogP contribution in [-0.4, -0.2) is 0 Å². The summed E-state index contributed by atoms with van der Waals surface area (Å²) in [7, 11) is 0. The molecule has 0 heterocycles. The summed E-state index contributed by atoms with van der Waals surface area (Å²) in [6.45, 7) is 3.88. The number of hydrogen-bond acceptors (Lipinski definition) is 0. The van der Waals surface area contributed by atoms with Gasteiger partial charge in [0.15, 0.2) is 0 Å². The molecule has 10 heavy (non-hydrogen) atoms. The van der Waals surface area contributed by atoms with E-state index in [0.29, 0.717) is 0 Å². The molecule has 1 rings (SSSR count). The molecule has 1 aliphatic rings. The Hall–Kier alpha value is 1.64. The van der Waals surface area contributed by atoms with Gasteiger partial charge in [-0.3, -0.25) is 0 Å². The maximum atomic E-state index is 3.88. The second-order valence-corrected chi connectivity index (χ2v) is 3.15. The van der Waals surface area contributed by atoms with Crippen LogP contribution in [0.4, 0.5) is 0 Å². The SMILES string of the molecule is [CH2-]CCC1CCCCC1.[K+]. The Morgan fingerprint density at radius 1 is 1.10 bits per heavy atom. The number of hydrogen-bond donors (Lipinski definition) is 0. The van der Waals surface area contributed by atoms with Gasteiger partial charge in [-0.2, -0.15) is 6.42 Å². The van der Waals surface area contributed by atoms with Crippen LogP contribution in [0.2, 0.25) is 0 Å². The van der Waals surface area contributed by atoms with E-state index in [2.05, 4.69) is 6.92 Å². The van der Waals surface area contributed by atoms with Gasteiger partial charge in [-0.25, -0.2) is 0 Å². The molecule has 0 N–H and O–H groups in total. The Morgan fingerprint density at radius 2 is 1.70 bits per heavy atom. The molecule has 0 nitrogen and oxygen atoms in total. The summed E-state index contributed by atoms with van der Waals surface area (Å²) < 4.78 is 0. The first-order valence-electron chi connectivity index (χ1n) is 4.22. The molecule has 1 fully saturated rings. The van der Waals surface area contributed by atoms with Crippen molar-refractivity contribution in [1.29, 1.82) is 0 Å². The Bertz CT molecular complexity index is 62.4. The van der Waals surface area contributed by atoms with Crippen LogP contribution in [0.25, 0.3) is 0 Å². The van der Waals surface area contributed by atoms with Gasteiger partial charge >= 0.3 is 51.4 Å². The summed E-state index contributed by atoms with van der Waals surface area (Å²) in [6, 6.07) is 0. The minimum atomic E-state index is 0. The largest absolute Gasteiger partial charge is 1.00 e. The van der Waals surface area contributed by atoms with Crippen molar-refractivity contribution in [3.8, 4) is 0 Å². The van der Waals surface area contributed by atoms with Gasteiger partial charge in [-0.05, 0) is 5.92 Å². The molecule has 1 saturated carbocycles. The third kappa shape index (κ3) is 4.50. The molecule has 0 radical (unpaired) electrons. The van der Waals surface area contributed by atoms with Crippen LogP contribution < -0.4 is 51.4 Å². The van der Waals surface area contributed by atoms with Crippen molar-refractivity contribution < 1.29 is 51.4 Å². The summed E-state index contributed by atoms with van der Waals surface area (Å²) in [5.41, 5.74) is 0. The molecular formula is C9H17K. The molecule has 0 aromatic carbocycles. The Labute approximate surface area is 108 Å². The van der Waals surface area contributed by atoms with Crippen LogP contribution in [0.15, 0.2) is 0 Å². The Kier molecular flexibility index (Phi) is 8.49. The van der Waals surface area contributed by atoms with E-state index < -0.39 is 0 Å². The van der Waals surface area contributed by atoms with E-state index in [0.717, 1.165) is 12.3 Å². The minimum absolute atomic E-state index is 0. The fraction of sp³-hybridized carbons (Fsp3) is 0.889. The molecule has 0 bridgehead atoms. The molecule has 0 aromatic heterocycles. The Morgan fingerprint density at radius 3 is 2.20 bits per heavy atom. The van der Waals surface area contributed by atoms with Crippen LogP contribution in [-0.2, 0) is 0 Å². The fourth-order valence-electron chi connectivity index (χ4n) is 1.76. The molecular weight excluding hydrogens is 147 g/mol. The van der Waals surface area contributed by atoms with Gasteiger partial charge in [-0.15, -0.1) is 0 Å². The van der Waals surface area contributed by atoms with Crippen LogP contribution in [0, 0.1) is 12.8 Å². The van der Waals surface area contributed by atoms with E-state index in [4.69, 9.17) is 0 Å². The molecule has 1 heteroatoms. The third-order valence-corrected chi connectivity index (χ3v) is 2.34. The van der Waals surface area contributed by atoms with Gasteiger partial charge in [0.2, 0.25) is 0 Å². The molecule has 0 saturated heterocycles. The predicted molar refractivity (Wildman–Crippen MR) is 41.2 cm³/mol. The average Bonchev–Trinajstić information content (AvgIpc) is 1.91. The molecule has 0 amide bonds. The third-order valence-electron chi connectivity index (χ3n) is 2.34. The molecule has 0 atom stereocenters.